The lowest BCUT2D eigenvalue weighted by molar-refractivity contribution is 0.103. The molecule has 0 aliphatic rings. The van der Waals surface area contributed by atoms with Gasteiger partial charge in [0.2, 0.25) is 5.95 Å². The predicted octanol–water partition coefficient (Wildman–Crippen LogP) is 2.80. The van der Waals surface area contributed by atoms with Crippen molar-refractivity contribution in [2.75, 3.05) is 5.73 Å². The molecule has 0 fully saturated rings. The van der Waals surface area contributed by atoms with Crippen molar-refractivity contribution >= 4 is 11.7 Å². The maximum Gasteiger partial charge on any atom is 0.220 e. The monoisotopic (exact) mass is 309 g/mol. The Bertz CT molecular complexity index is 897. The zero-order valence-corrected chi connectivity index (χ0v) is 11.9. The lowest BCUT2D eigenvalue weighted by atomic mass is 9.99. The number of benzene rings is 2. The third-order valence-corrected chi connectivity index (χ3v) is 3.33. The van der Waals surface area contributed by atoms with Crippen LogP contribution in [0.4, 0.5) is 10.3 Å². The van der Waals surface area contributed by atoms with Crippen LogP contribution in [0.2, 0.25) is 0 Å². The van der Waals surface area contributed by atoms with E-state index in [1.54, 1.807) is 12.1 Å². The van der Waals surface area contributed by atoms with Gasteiger partial charge in [-0.3, -0.25) is 4.79 Å². The molecule has 1 heterocycles. The molecule has 3 aromatic rings. The number of phenolic OH excluding ortho intramolecular Hbond substituents is 1. The number of rotatable bonds is 3. The van der Waals surface area contributed by atoms with E-state index in [0.29, 0.717) is 11.3 Å². The number of nitrogens with two attached hydrogens (primary N) is 1. The number of anilines is 1. The summed E-state index contributed by atoms with van der Waals surface area (Å²) in [6.07, 6.45) is 1.45. The maximum absolute atomic E-state index is 13.8. The van der Waals surface area contributed by atoms with Gasteiger partial charge >= 0.3 is 0 Å². The van der Waals surface area contributed by atoms with Crippen molar-refractivity contribution in [3.05, 3.63) is 71.7 Å². The van der Waals surface area contributed by atoms with Gasteiger partial charge in [-0.15, -0.1) is 0 Å². The lowest BCUT2D eigenvalue weighted by Crippen LogP contribution is -2.04. The van der Waals surface area contributed by atoms with Crippen LogP contribution in [0.5, 0.6) is 5.75 Å². The Balaban J connectivity index is 2.08. The number of hydrogen-bond acceptors (Lipinski definition) is 5. The Morgan fingerprint density at radius 1 is 1.13 bits per heavy atom. The van der Waals surface area contributed by atoms with Gasteiger partial charge in [0.25, 0.3) is 0 Å². The highest BCUT2D eigenvalue weighted by atomic mass is 19.1. The van der Waals surface area contributed by atoms with Crippen LogP contribution >= 0.6 is 0 Å². The van der Waals surface area contributed by atoms with Crippen molar-refractivity contribution in [2.24, 2.45) is 0 Å². The Morgan fingerprint density at radius 3 is 2.65 bits per heavy atom. The van der Waals surface area contributed by atoms with E-state index in [-0.39, 0.29) is 22.8 Å². The molecule has 0 radical (unpaired) electrons. The van der Waals surface area contributed by atoms with Gasteiger partial charge in [0, 0.05) is 17.3 Å². The van der Waals surface area contributed by atoms with E-state index in [4.69, 9.17) is 5.73 Å². The fraction of sp³-hybridized carbons (Fsp3) is 0. The summed E-state index contributed by atoms with van der Waals surface area (Å²) in [5, 5.41) is 10.00. The highest BCUT2D eigenvalue weighted by Crippen LogP contribution is 2.29. The molecule has 23 heavy (non-hydrogen) atoms. The SMILES string of the molecule is Nc1nccc(-c2cc(C(=O)c3ccccc3F)ccc2O)n1. The topological polar surface area (TPSA) is 89.1 Å². The summed E-state index contributed by atoms with van der Waals surface area (Å²) in [7, 11) is 0. The Kier molecular flexibility index (Phi) is 3.72. The third-order valence-electron chi connectivity index (χ3n) is 3.33. The van der Waals surface area contributed by atoms with Gasteiger partial charge in [-0.1, -0.05) is 12.1 Å². The van der Waals surface area contributed by atoms with E-state index in [1.807, 2.05) is 0 Å². The van der Waals surface area contributed by atoms with Crippen LogP contribution in [0, 0.1) is 5.82 Å². The maximum atomic E-state index is 13.8. The molecule has 5 nitrogen and oxygen atoms in total. The molecule has 6 heteroatoms. The van der Waals surface area contributed by atoms with E-state index in [1.165, 1.54) is 42.6 Å². The van der Waals surface area contributed by atoms with Gasteiger partial charge in [0.1, 0.15) is 11.6 Å². The molecular formula is C17H12FN3O2. The highest BCUT2D eigenvalue weighted by molar-refractivity contribution is 6.09. The first-order chi connectivity index (χ1) is 11.1. The number of nitrogens with zero attached hydrogens (tertiary/aromatic N) is 2. The minimum absolute atomic E-state index is 0.0358. The first-order valence-corrected chi connectivity index (χ1v) is 6.77. The largest absolute Gasteiger partial charge is 0.507 e. The van der Waals surface area contributed by atoms with Gasteiger partial charge in [-0.2, -0.15) is 0 Å². The van der Waals surface area contributed by atoms with Crippen LogP contribution in [0.1, 0.15) is 15.9 Å². The first-order valence-electron chi connectivity index (χ1n) is 6.77. The van der Waals surface area contributed by atoms with Crippen molar-refractivity contribution in [2.45, 2.75) is 0 Å². The molecule has 0 unspecified atom stereocenters. The standard InChI is InChI=1S/C17H12FN3O2/c18-13-4-2-1-3-11(13)16(23)10-5-6-15(22)12(9-10)14-7-8-20-17(19)21-14/h1-9,22H,(H2,19,20,21). The van der Waals surface area contributed by atoms with Gasteiger partial charge in [0.15, 0.2) is 5.78 Å². The van der Waals surface area contributed by atoms with Gasteiger partial charge in [0.05, 0.1) is 11.3 Å². The fourth-order valence-corrected chi connectivity index (χ4v) is 2.21. The number of hydrogen-bond donors (Lipinski definition) is 2. The van der Waals surface area contributed by atoms with E-state index in [2.05, 4.69) is 9.97 Å². The zero-order valence-electron chi connectivity index (χ0n) is 11.9. The summed E-state index contributed by atoms with van der Waals surface area (Å²) < 4.78 is 13.8. The molecule has 0 amide bonds. The number of ketones is 1. The van der Waals surface area contributed by atoms with E-state index in [0.717, 1.165) is 0 Å². The van der Waals surface area contributed by atoms with Gasteiger partial charge < -0.3 is 10.8 Å². The van der Waals surface area contributed by atoms with Crippen LogP contribution in [0.15, 0.2) is 54.7 Å². The number of carbonyl (C=O) groups is 1. The summed E-state index contributed by atoms with van der Waals surface area (Å²) in [6.45, 7) is 0. The summed E-state index contributed by atoms with van der Waals surface area (Å²) in [4.78, 5) is 20.2. The molecule has 3 rings (SSSR count). The Morgan fingerprint density at radius 2 is 1.91 bits per heavy atom. The third kappa shape index (κ3) is 2.87. The Labute approximate surface area is 131 Å². The number of aromatic nitrogens is 2. The number of halogens is 1. The molecule has 2 aromatic carbocycles. The number of aromatic hydroxyl groups is 1. The quantitative estimate of drug-likeness (QED) is 0.726. The molecule has 114 valence electrons. The molecule has 0 atom stereocenters. The molecule has 0 spiro atoms. The molecule has 1 aromatic heterocycles. The average molecular weight is 309 g/mol. The molecule has 0 saturated heterocycles. The van der Waals surface area contributed by atoms with Crippen LogP contribution in [-0.4, -0.2) is 20.9 Å². The van der Waals surface area contributed by atoms with E-state index < -0.39 is 11.6 Å². The van der Waals surface area contributed by atoms with Crippen LogP contribution in [0.25, 0.3) is 11.3 Å². The first kappa shape index (κ1) is 14.6. The summed E-state index contributed by atoms with van der Waals surface area (Å²) >= 11 is 0. The van der Waals surface area contributed by atoms with Crippen molar-refractivity contribution in [1.29, 1.82) is 0 Å². The Hall–Kier alpha value is -3.28. The molecule has 0 bridgehead atoms. The molecular weight excluding hydrogens is 297 g/mol. The number of phenols is 1. The highest BCUT2D eigenvalue weighted by Gasteiger charge is 2.16. The van der Waals surface area contributed by atoms with E-state index in [9.17, 15) is 14.3 Å². The summed E-state index contributed by atoms with van der Waals surface area (Å²) in [5.74, 6) is -1.09. The summed E-state index contributed by atoms with van der Waals surface area (Å²) in [6, 6.07) is 11.5. The number of nitrogen functional groups attached to an aromatic ring is 1. The van der Waals surface area contributed by atoms with Crippen molar-refractivity contribution in [3.8, 4) is 17.0 Å². The normalized spacial score (nSPS) is 10.5. The van der Waals surface area contributed by atoms with Crippen molar-refractivity contribution in [1.82, 2.24) is 9.97 Å². The summed E-state index contributed by atoms with van der Waals surface area (Å²) in [5.41, 5.74) is 6.43. The predicted molar refractivity (Wildman–Crippen MR) is 83.4 cm³/mol. The van der Waals surface area contributed by atoms with Crippen molar-refractivity contribution in [3.63, 3.8) is 0 Å². The second-order valence-electron chi connectivity index (χ2n) is 4.84. The second-order valence-corrected chi connectivity index (χ2v) is 4.84. The smallest absolute Gasteiger partial charge is 0.220 e. The number of carbonyl (C=O) groups excluding carboxylic acids is 1. The second kappa shape index (κ2) is 5.84. The van der Waals surface area contributed by atoms with Crippen LogP contribution in [0.3, 0.4) is 0 Å². The van der Waals surface area contributed by atoms with E-state index >= 15 is 0 Å². The van der Waals surface area contributed by atoms with Crippen LogP contribution < -0.4 is 5.73 Å². The minimum Gasteiger partial charge on any atom is -0.507 e. The lowest BCUT2D eigenvalue weighted by Gasteiger charge is -2.08. The fourth-order valence-electron chi connectivity index (χ4n) is 2.21. The van der Waals surface area contributed by atoms with Crippen LogP contribution in [-0.2, 0) is 0 Å². The van der Waals surface area contributed by atoms with Gasteiger partial charge in [-0.25, -0.2) is 14.4 Å². The molecule has 3 N–H and O–H groups in total. The molecule has 0 aliphatic heterocycles. The van der Waals surface area contributed by atoms with Crippen molar-refractivity contribution < 1.29 is 14.3 Å². The average Bonchev–Trinajstić information content (AvgIpc) is 2.55. The molecule has 0 saturated carbocycles. The van der Waals surface area contributed by atoms with Gasteiger partial charge in [-0.05, 0) is 36.4 Å². The minimum atomic E-state index is -0.599. The molecule has 0 aliphatic carbocycles. The zero-order chi connectivity index (χ0) is 16.4.